The molecule has 0 atom stereocenters. The predicted octanol–water partition coefficient (Wildman–Crippen LogP) is 2.87. The molecule has 0 saturated carbocycles. The molecule has 0 radical (unpaired) electrons. The highest BCUT2D eigenvalue weighted by atomic mass is 127. The Morgan fingerprint density at radius 2 is 2.12 bits per heavy atom. The number of rotatable bonds is 3. The normalized spacial score (nSPS) is 11.3. The second-order valence-corrected chi connectivity index (χ2v) is 3.65. The van der Waals surface area contributed by atoms with E-state index in [9.17, 15) is 22.4 Å². The number of ether oxygens (including phenoxy) is 1. The molecule has 0 aromatic carbocycles. The summed E-state index contributed by atoms with van der Waals surface area (Å²) in [7, 11) is 0. The van der Waals surface area contributed by atoms with Crippen LogP contribution in [0.2, 0.25) is 0 Å². The first-order valence-corrected chi connectivity index (χ1v) is 4.91. The molecule has 0 unspecified atom stereocenters. The van der Waals surface area contributed by atoms with Gasteiger partial charge in [0.05, 0.1) is 5.56 Å². The number of hydrogen-bond acceptors (Lipinski definition) is 3. The van der Waals surface area contributed by atoms with E-state index >= 15 is 0 Å². The molecule has 16 heavy (non-hydrogen) atoms. The summed E-state index contributed by atoms with van der Waals surface area (Å²) in [4.78, 5) is 13.9. The molecule has 3 nitrogen and oxygen atoms in total. The molecule has 0 N–H and O–H groups in total. The molecule has 1 heterocycles. The van der Waals surface area contributed by atoms with Crippen molar-refractivity contribution < 1.29 is 27.1 Å². The lowest BCUT2D eigenvalue weighted by Gasteiger charge is -2.10. The van der Waals surface area contributed by atoms with E-state index < -0.39 is 18.9 Å². The number of aldehydes is 1. The number of carbonyl (C=O) groups excluding carboxylic acids is 1. The van der Waals surface area contributed by atoms with Gasteiger partial charge in [-0.3, -0.25) is 4.79 Å². The average molecular weight is 349 g/mol. The summed E-state index contributed by atoms with van der Waals surface area (Å²) in [6, 6.07) is 0.749. The lowest BCUT2D eigenvalue weighted by Crippen LogP contribution is -2.18. The van der Waals surface area contributed by atoms with Crippen LogP contribution in [-0.2, 0) is 6.67 Å². The van der Waals surface area contributed by atoms with E-state index in [0.29, 0.717) is 6.29 Å². The van der Waals surface area contributed by atoms with Gasteiger partial charge in [-0.1, -0.05) is 0 Å². The SMILES string of the molecule is O=Cc1c(CF)cc(OC(F)(F)F)nc1I. The quantitative estimate of drug-likeness (QED) is 0.365. The summed E-state index contributed by atoms with van der Waals surface area (Å²) in [5, 5.41) is 0. The molecule has 0 fully saturated rings. The first kappa shape index (κ1) is 13.1. The third kappa shape index (κ3) is 3.29. The van der Waals surface area contributed by atoms with Gasteiger partial charge in [-0.25, -0.2) is 9.37 Å². The van der Waals surface area contributed by atoms with Gasteiger partial charge in [0.25, 0.3) is 0 Å². The Hall–Kier alpha value is -0.930. The molecule has 0 aliphatic carbocycles. The van der Waals surface area contributed by atoms with Crippen molar-refractivity contribution in [3.8, 4) is 5.88 Å². The van der Waals surface area contributed by atoms with Gasteiger partial charge >= 0.3 is 6.36 Å². The van der Waals surface area contributed by atoms with Gasteiger partial charge in [-0.15, -0.1) is 13.2 Å². The Bertz CT molecular complexity index is 408. The molecule has 0 aliphatic rings. The Morgan fingerprint density at radius 1 is 1.50 bits per heavy atom. The van der Waals surface area contributed by atoms with Crippen LogP contribution in [0.3, 0.4) is 0 Å². The van der Waals surface area contributed by atoms with Crippen molar-refractivity contribution in [1.29, 1.82) is 0 Å². The third-order valence-electron chi connectivity index (χ3n) is 1.56. The van der Waals surface area contributed by atoms with Gasteiger partial charge in [0.15, 0.2) is 6.29 Å². The van der Waals surface area contributed by atoms with Gasteiger partial charge in [0.2, 0.25) is 5.88 Å². The summed E-state index contributed by atoms with van der Waals surface area (Å²) in [5.41, 5.74) is -0.258. The lowest BCUT2D eigenvalue weighted by molar-refractivity contribution is -0.276. The van der Waals surface area contributed by atoms with E-state index in [1.165, 1.54) is 22.6 Å². The maximum absolute atomic E-state index is 12.4. The Kier molecular flexibility index (Phi) is 4.05. The first-order chi connectivity index (χ1) is 7.37. The van der Waals surface area contributed by atoms with Crippen LogP contribution in [-0.4, -0.2) is 17.6 Å². The van der Waals surface area contributed by atoms with Crippen LogP contribution < -0.4 is 4.74 Å². The molecule has 0 saturated heterocycles. The van der Waals surface area contributed by atoms with Crippen LogP contribution in [0.5, 0.6) is 5.88 Å². The number of pyridine rings is 1. The molecule has 1 aromatic rings. The molecule has 8 heteroatoms. The van der Waals surface area contributed by atoms with Crippen molar-refractivity contribution >= 4 is 28.9 Å². The highest BCUT2D eigenvalue weighted by Crippen LogP contribution is 2.25. The van der Waals surface area contributed by atoms with Crippen LogP contribution in [0.1, 0.15) is 15.9 Å². The molecule has 88 valence electrons. The van der Waals surface area contributed by atoms with Crippen molar-refractivity contribution in [2.45, 2.75) is 13.0 Å². The number of halogens is 5. The van der Waals surface area contributed by atoms with E-state index in [2.05, 4.69) is 9.72 Å². The second kappa shape index (κ2) is 4.93. The fourth-order valence-electron chi connectivity index (χ4n) is 0.954. The molecule has 0 bridgehead atoms. The van der Waals surface area contributed by atoms with Crippen molar-refractivity contribution in [1.82, 2.24) is 4.98 Å². The number of carbonyl (C=O) groups is 1. The predicted molar refractivity (Wildman–Crippen MR) is 53.8 cm³/mol. The van der Waals surface area contributed by atoms with Gasteiger partial charge < -0.3 is 4.74 Å². The van der Waals surface area contributed by atoms with Crippen molar-refractivity contribution in [3.63, 3.8) is 0 Å². The minimum absolute atomic E-state index is 0.0398. The Balaban J connectivity index is 3.15. The molecule has 1 aromatic heterocycles. The topological polar surface area (TPSA) is 39.2 Å². The van der Waals surface area contributed by atoms with Gasteiger partial charge in [0, 0.05) is 11.6 Å². The monoisotopic (exact) mass is 349 g/mol. The smallest absolute Gasteiger partial charge is 0.388 e. The minimum Gasteiger partial charge on any atom is -0.388 e. The zero-order valence-electron chi connectivity index (χ0n) is 7.52. The largest absolute Gasteiger partial charge is 0.574 e. The number of alkyl halides is 4. The third-order valence-corrected chi connectivity index (χ3v) is 2.38. The number of hydrogen-bond donors (Lipinski definition) is 0. The maximum Gasteiger partial charge on any atom is 0.574 e. The van der Waals surface area contributed by atoms with Gasteiger partial charge in [-0.05, 0) is 22.6 Å². The summed E-state index contributed by atoms with van der Waals surface area (Å²) >= 11 is 1.53. The van der Waals surface area contributed by atoms with Gasteiger partial charge in [0.1, 0.15) is 10.4 Å². The summed E-state index contributed by atoms with van der Waals surface area (Å²) < 4.78 is 51.5. The Labute approximate surface area is 101 Å². The zero-order chi connectivity index (χ0) is 12.3. The van der Waals surface area contributed by atoms with Crippen molar-refractivity contribution in [2.24, 2.45) is 0 Å². The number of nitrogens with zero attached hydrogens (tertiary/aromatic N) is 1. The van der Waals surface area contributed by atoms with E-state index in [1.807, 2.05) is 0 Å². The van der Waals surface area contributed by atoms with Crippen LogP contribution in [0.15, 0.2) is 6.07 Å². The highest BCUT2D eigenvalue weighted by molar-refractivity contribution is 14.1. The Morgan fingerprint density at radius 3 is 2.56 bits per heavy atom. The summed E-state index contributed by atoms with van der Waals surface area (Å²) in [5.74, 6) is -0.782. The van der Waals surface area contributed by atoms with Crippen molar-refractivity contribution in [2.75, 3.05) is 0 Å². The van der Waals surface area contributed by atoms with Crippen LogP contribution >= 0.6 is 22.6 Å². The summed E-state index contributed by atoms with van der Waals surface area (Å²) in [6.07, 6.45) is -4.56. The van der Waals surface area contributed by atoms with E-state index in [-0.39, 0.29) is 14.8 Å². The molecule has 0 aliphatic heterocycles. The fraction of sp³-hybridized carbons (Fsp3) is 0.250. The number of aromatic nitrogens is 1. The second-order valence-electron chi connectivity index (χ2n) is 2.62. The summed E-state index contributed by atoms with van der Waals surface area (Å²) in [6.45, 7) is -1.07. The average Bonchev–Trinajstić information content (AvgIpc) is 2.14. The molecule has 1 rings (SSSR count). The van der Waals surface area contributed by atoms with Crippen LogP contribution in [0, 0.1) is 3.70 Å². The van der Waals surface area contributed by atoms with E-state index in [0.717, 1.165) is 6.07 Å². The highest BCUT2D eigenvalue weighted by Gasteiger charge is 2.32. The molecular weight excluding hydrogens is 345 g/mol. The molecular formula is C8H4F4INO2. The molecule has 0 amide bonds. The maximum atomic E-state index is 12.4. The van der Waals surface area contributed by atoms with Crippen LogP contribution in [0.4, 0.5) is 17.6 Å². The lowest BCUT2D eigenvalue weighted by atomic mass is 10.2. The van der Waals surface area contributed by atoms with E-state index in [1.54, 1.807) is 0 Å². The van der Waals surface area contributed by atoms with Crippen molar-refractivity contribution in [3.05, 3.63) is 20.9 Å². The van der Waals surface area contributed by atoms with Gasteiger partial charge in [-0.2, -0.15) is 0 Å². The minimum atomic E-state index is -4.90. The molecule has 0 spiro atoms. The van der Waals surface area contributed by atoms with E-state index in [4.69, 9.17) is 0 Å². The van der Waals surface area contributed by atoms with Crippen LogP contribution in [0.25, 0.3) is 0 Å². The zero-order valence-corrected chi connectivity index (χ0v) is 9.67. The first-order valence-electron chi connectivity index (χ1n) is 3.83. The fourth-order valence-corrected chi connectivity index (χ4v) is 1.67. The standard InChI is InChI=1S/C8H4F4INO2/c9-2-4-1-6(16-8(10,11)12)14-7(13)5(4)3-15/h1,3H,2H2.